The van der Waals surface area contributed by atoms with Gasteiger partial charge in [-0.1, -0.05) is 18.2 Å². The molecule has 2 bridgehead atoms. The van der Waals surface area contributed by atoms with Crippen LogP contribution in [0, 0.1) is 5.92 Å². The topological polar surface area (TPSA) is 52.2 Å². The number of rotatable bonds is 3. The van der Waals surface area contributed by atoms with E-state index in [2.05, 4.69) is 19.8 Å². The number of fused-ring (bicyclic) bond motifs is 4. The highest BCUT2D eigenvalue weighted by molar-refractivity contribution is 5.94. The van der Waals surface area contributed by atoms with Crippen LogP contribution in [0.4, 0.5) is 0 Å². The van der Waals surface area contributed by atoms with Crippen LogP contribution < -0.4 is 0 Å². The second kappa shape index (κ2) is 6.16. The summed E-state index contributed by atoms with van der Waals surface area (Å²) >= 11 is 0. The van der Waals surface area contributed by atoms with Gasteiger partial charge in [-0.25, -0.2) is 4.98 Å². The Hall–Kier alpha value is -2.14. The Balaban J connectivity index is 1.50. The first kappa shape index (κ1) is 14.5. The van der Waals surface area contributed by atoms with E-state index < -0.39 is 0 Å². The summed E-state index contributed by atoms with van der Waals surface area (Å²) in [6.07, 6.45) is 6.06. The lowest BCUT2D eigenvalue weighted by molar-refractivity contribution is 0.0735. The molecule has 5 nitrogen and oxygen atoms in total. The van der Waals surface area contributed by atoms with Gasteiger partial charge in [0.2, 0.25) is 0 Å². The van der Waals surface area contributed by atoms with E-state index in [0.29, 0.717) is 12.0 Å². The lowest BCUT2D eigenvalue weighted by Gasteiger charge is -2.35. The molecule has 0 radical (unpaired) electrons. The predicted molar refractivity (Wildman–Crippen MR) is 87.9 cm³/mol. The number of carbonyl (C=O) groups is 1. The number of piperidine rings is 1. The van der Waals surface area contributed by atoms with Crippen LogP contribution in [0.3, 0.4) is 0 Å². The molecule has 0 saturated carbocycles. The molecule has 0 spiro atoms. The van der Waals surface area contributed by atoms with Crippen molar-refractivity contribution >= 4 is 5.91 Å². The average molecular weight is 310 g/mol. The van der Waals surface area contributed by atoms with Crippen molar-refractivity contribution in [2.75, 3.05) is 19.6 Å². The molecule has 3 fully saturated rings. The molecule has 5 rings (SSSR count). The van der Waals surface area contributed by atoms with Crippen molar-refractivity contribution in [2.45, 2.75) is 25.4 Å². The maximum absolute atomic E-state index is 12.8. The fraction of sp³-hybridized carbons (Fsp3) is 0.444. The number of amides is 1. The third-order valence-electron chi connectivity index (χ3n) is 5.04. The number of nitrogens with zero attached hydrogens (tertiary/aromatic N) is 3. The van der Waals surface area contributed by atoms with E-state index in [1.54, 1.807) is 6.20 Å². The van der Waals surface area contributed by atoms with Gasteiger partial charge in [0, 0.05) is 43.6 Å². The molecule has 5 heteroatoms. The maximum atomic E-state index is 12.8. The Bertz CT molecular complexity index is 655. The second-order valence-electron chi connectivity index (χ2n) is 6.64. The third-order valence-corrected chi connectivity index (χ3v) is 5.04. The molecule has 2 aromatic rings. The lowest BCUT2D eigenvalue weighted by atomic mass is 9.95. The number of aromatic nitrogens is 2. The van der Waals surface area contributed by atoms with Gasteiger partial charge in [0.05, 0.1) is 6.54 Å². The molecule has 0 aliphatic carbocycles. The van der Waals surface area contributed by atoms with Gasteiger partial charge in [0.25, 0.3) is 5.91 Å². The standard InChI is InChI=1S/C18H22N4O/c23-18(15-4-2-1-3-5-15)22-11-14-6-7-16(12-22)21(10-14)13-17-19-8-9-20-17/h1-5,8-9,14,16H,6-7,10-13H2,(H,19,20)/t14-,16-/m1/s1. The number of H-pyrrole nitrogens is 1. The fourth-order valence-electron chi connectivity index (χ4n) is 3.88. The Morgan fingerprint density at radius 1 is 1.17 bits per heavy atom. The third kappa shape index (κ3) is 3.01. The highest BCUT2D eigenvalue weighted by atomic mass is 16.2. The summed E-state index contributed by atoms with van der Waals surface area (Å²) in [6, 6.07) is 10.1. The van der Waals surface area contributed by atoms with E-state index in [1.807, 2.05) is 36.5 Å². The summed E-state index contributed by atoms with van der Waals surface area (Å²) in [5, 5.41) is 0. The van der Waals surface area contributed by atoms with E-state index in [-0.39, 0.29) is 5.91 Å². The molecule has 1 aromatic heterocycles. The molecule has 4 heterocycles. The molecule has 2 atom stereocenters. The van der Waals surface area contributed by atoms with Gasteiger partial charge in [-0.3, -0.25) is 9.69 Å². The summed E-state index contributed by atoms with van der Waals surface area (Å²) in [4.78, 5) is 24.9. The molecular formula is C18H22N4O. The molecule has 1 aromatic carbocycles. The zero-order valence-electron chi connectivity index (χ0n) is 13.2. The zero-order chi connectivity index (χ0) is 15.6. The van der Waals surface area contributed by atoms with Crippen molar-refractivity contribution in [1.82, 2.24) is 19.8 Å². The smallest absolute Gasteiger partial charge is 0.253 e. The Labute approximate surface area is 136 Å². The van der Waals surface area contributed by atoms with Crippen molar-refractivity contribution in [2.24, 2.45) is 5.92 Å². The number of hydrogen-bond acceptors (Lipinski definition) is 3. The maximum Gasteiger partial charge on any atom is 0.253 e. The Morgan fingerprint density at radius 3 is 2.83 bits per heavy atom. The molecule has 1 N–H and O–H groups in total. The summed E-state index contributed by atoms with van der Waals surface area (Å²) in [7, 11) is 0. The van der Waals surface area contributed by atoms with E-state index in [1.165, 1.54) is 12.8 Å². The SMILES string of the molecule is O=C(c1ccccc1)N1C[C@@H]2CC[C@H](C1)N(Cc1ncc[nH]1)C2. The number of imidazole rings is 1. The summed E-state index contributed by atoms with van der Waals surface area (Å²) in [5.74, 6) is 1.75. The summed E-state index contributed by atoms with van der Waals surface area (Å²) < 4.78 is 0. The molecular weight excluding hydrogens is 288 g/mol. The number of nitrogens with one attached hydrogen (secondary N) is 1. The van der Waals surface area contributed by atoms with Crippen molar-refractivity contribution in [3.8, 4) is 0 Å². The molecule has 3 aliphatic heterocycles. The molecule has 120 valence electrons. The molecule has 1 amide bonds. The largest absolute Gasteiger partial charge is 0.348 e. The molecule has 3 aliphatic rings. The van der Waals surface area contributed by atoms with Gasteiger partial charge < -0.3 is 9.88 Å². The molecule has 23 heavy (non-hydrogen) atoms. The van der Waals surface area contributed by atoms with Gasteiger partial charge in [-0.05, 0) is 30.9 Å². The molecule has 3 saturated heterocycles. The second-order valence-corrected chi connectivity index (χ2v) is 6.64. The van der Waals surface area contributed by atoms with Crippen LogP contribution in [0.2, 0.25) is 0 Å². The Kier molecular flexibility index (Phi) is 3.87. The van der Waals surface area contributed by atoms with Crippen LogP contribution in [0.25, 0.3) is 0 Å². The van der Waals surface area contributed by atoms with Gasteiger partial charge in [-0.15, -0.1) is 0 Å². The normalized spacial score (nSPS) is 24.6. The lowest BCUT2D eigenvalue weighted by Crippen LogP contribution is -2.44. The Morgan fingerprint density at radius 2 is 2.04 bits per heavy atom. The van der Waals surface area contributed by atoms with Crippen LogP contribution in [-0.2, 0) is 6.54 Å². The van der Waals surface area contributed by atoms with Crippen LogP contribution in [0.5, 0.6) is 0 Å². The first-order chi connectivity index (χ1) is 11.3. The van der Waals surface area contributed by atoms with Crippen molar-refractivity contribution in [1.29, 1.82) is 0 Å². The zero-order valence-corrected chi connectivity index (χ0v) is 13.2. The van der Waals surface area contributed by atoms with Gasteiger partial charge in [0.15, 0.2) is 0 Å². The summed E-state index contributed by atoms with van der Waals surface area (Å²) in [6.45, 7) is 3.61. The van der Waals surface area contributed by atoms with Crippen molar-refractivity contribution in [3.63, 3.8) is 0 Å². The van der Waals surface area contributed by atoms with E-state index in [4.69, 9.17) is 0 Å². The minimum Gasteiger partial charge on any atom is -0.348 e. The van der Waals surface area contributed by atoms with Gasteiger partial charge in [0.1, 0.15) is 5.82 Å². The highest BCUT2D eigenvalue weighted by Gasteiger charge is 2.36. The minimum atomic E-state index is 0.169. The van der Waals surface area contributed by atoms with Gasteiger partial charge in [-0.2, -0.15) is 0 Å². The van der Waals surface area contributed by atoms with E-state index in [0.717, 1.165) is 37.6 Å². The number of carbonyl (C=O) groups excluding carboxylic acids is 1. The van der Waals surface area contributed by atoms with Crippen LogP contribution in [-0.4, -0.2) is 51.4 Å². The van der Waals surface area contributed by atoms with Crippen LogP contribution in [0.1, 0.15) is 29.0 Å². The quantitative estimate of drug-likeness (QED) is 0.945. The summed E-state index contributed by atoms with van der Waals surface area (Å²) in [5.41, 5.74) is 0.798. The average Bonchev–Trinajstić information content (AvgIpc) is 2.93. The van der Waals surface area contributed by atoms with Gasteiger partial charge >= 0.3 is 0 Å². The minimum absolute atomic E-state index is 0.169. The van der Waals surface area contributed by atoms with Crippen molar-refractivity contribution < 1.29 is 4.79 Å². The molecule has 0 unspecified atom stereocenters. The predicted octanol–water partition coefficient (Wildman–Crippen LogP) is 2.15. The van der Waals surface area contributed by atoms with Crippen LogP contribution >= 0.6 is 0 Å². The van der Waals surface area contributed by atoms with Crippen LogP contribution in [0.15, 0.2) is 42.7 Å². The first-order valence-electron chi connectivity index (χ1n) is 8.36. The monoisotopic (exact) mass is 310 g/mol. The number of benzene rings is 1. The number of aromatic amines is 1. The first-order valence-corrected chi connectivity index (χ1v) is 8.36. The number of hydrogen-bond donors (Lipinski definition) is 1. The fourth-order valence-corrected chi connectivity index (χ4v) is 3.88. The van der Waals surface area contributed by atoms with E-state index >= 15 is 0 Å². The van der Waals surface area contributed by atoms with Crippen molar-refractivity contribution in [3.05, 3.63) is 54.1 Å². The van der Waals surface area contributed by atoms with E-state index in [9.17, 15) is 4.79 Å². The highest BCUT2D eigenvalue weighted by Crippen LogP contribution is 2.29.